The van der Waals surface area contributed by atoms with Gasteiger partial charge in [-0.1, -0.05) is 6.92 Å². The second-order valence-electron chi connectivity index (χ2n) is 2.86. The van der Waals surface area contributed by atoms with Crippen LogP contribution in [-0.2, 0) is 0 Å². The van der Waals surface area contributed by atoms with Gasteiger partial charge in [0.05, 0.1) is 3.57 Å². The van der Waals surface area contributed by atoms with Crippen LogP contribution < -0.4 is 5.32 Å². The number of rotatable bonds is 4. The van der Waals surface area contributed by atoms with E-state index in [2.05, 4.69) is 44.8 Å². The zero-order valence-electron chi connectivity index (χ0n) is 7.30. The van der Waals surface area contributed by atoms with Crippen LogP contribution in [0.2, 0.25) is 0 Å². The Labute approximate surface area is 96.4 Å². The molecule has 0 saturated heterocycles. The van der Waals surface area contributed by atoms with Gasteiger partial charge in [-0.3, -0.25) is 0 Å². The summed E-state index contributed by atoms with van der Waals surface area (Å²) in [4.78, 5) is 8.02. The summed E-state index contributed by atoms with van der Waals surface area (Å²) >= 11 is 7.88. The van der Waals surface area contributed by atoms with Crippen molar-refractivity contribution >= 4 is 40.0 Å². The van der Waals surface area contributed by atoms with Crippen molar-refractivity contribution < 1.29 is 0 Å². The first-order valence-corrected chi connectivity index (χ1v) is 5.60. The number of hydrogen-bond donors (Lipinski definition) is 1. The zero-order chi connectivity index (χ0) is 9.68. The van der Waals surface area contributed by atoms with Crippen LogP contribution >= 0.6 is 34.2 Å². The van der Waals surface area contributed by atoms with Gasteiger partial charge in [0.15, 0.2) is 0 Å². The van der Waals surface area contributed by atoms with E-state index in [9.17, 15) is 0 Å². The van der Waals surface area contributed by atoms with E-state index in [4.69, 9.17) is 11.6 Å². The van der Waals surface area contributed by atoms with Crippen molar-refractivity contribution in [3.05, 3.63) is 16.1 Å². The summed E-state index contributed by atoms with van der Waals surface area (Å²) in [5.41, 5.74) is 0. The first-order valence-electron chi connectivity index (χ1n) is 3.99. The first kappa shape index (κ1) is 11.0. The number of nitrogens with zero attached hydrogens (tertiary/aromatic N) is 2. The predicted octanol–water partition coefficient (Wildman–Crippen LogP) is 2.37. The molecule has 0 bridgehead atoms. The molecule has 0 amide bonds. The largest absolute Gasteiger partial charge is 0.369 e. The molecular weight excluding hydrogens is 300 g/mol. The van der Waals surface area contributed by atoms with E-state index in [1.165, 1.54) is 6.33 Å². The molecule has 3 nitrogen and oxygen atoms in total. The Bertz CT molecular complexity index is 269. The number of nitrogens with one attached hydrogen (secondary N) is 1. The standard InChI is InChI=1S/C8H11ClIN3/c1-6(2-9)3-12-8-7(10)4-11-5-13-8/h4-6H,2-3H2,1H3,(H,11,12,13). The molecular formula is C8H11ClIN3. The SMILES string of the molecule is CC(CCl)CNc1ncncc1I. The van der Waals surface area contributed by atoms with Crippen LogP contribution in [0, 0.1) is 9.49 Å². The van der Waals surface area contributed by atoms with Crippen molar-refractivity contribution in [1.29, 1.82) is 0 Å². The van der Waals surface area contributed by atoms with E-state index < -0.39 is 0 Å². The molecule has 1 atom stereocenters. The molecule has 0 fully saturated rings. The van der Waals surface area contributed by atoms with Gasteiger partial charge in [-0.25, -0.2) is 9.97 Å². The summed E-state index contributed by atoms with van der Waals surface area (Å²) in [7, 11) is 0. The zero-order valence-corrected chi connectivity index (χ0v) is 10.2. The minimum absolute atomic E-state index is 0.451. The highest BCUT2D eigenvalue weighted by atomic mass is 127. The van der Waals surface area contributed by atoms with Gasteiger partial charge in [-0.15, -0.1) is 11.6 Å². The molecule has 1 N–H and O–H groups in total. The van der Waals surface area contributed by atoms with Gasteiger partial charge >= 0.3 is 0 Å². The average Bonchev–Trinajstić information content (AvgIpc) is 2.16. The summed E-state index contributed by atoms with van der Waals surface area (Å²) < 4.78 is 1.03. The fourth-order valence-corrected chi connectivity index (χ4v) is 1.37. The fraction of sp³-hybridized carbons (Fsp3) is 0.500. The Morgan fingerprint density at radius 2 is 2.46 bits per heavy atom. The molecule has 1 heterocycles. The molecule has 0 aromatic carbocycles. The Hall–Kier alpha value is -0.100. The Morgan fingerprint density at radius 3 is 3.08 bits per heavy atom. The van der Waals surface area contributed by atoms with Crippen LogP contribution in [0.4, 0.5) is 5.82 Å². The van der Waals surface area contributed by atoms with Gasteiger partial charge in [0.1, 0.15) is 12.1 Å². The number of anilines is 1. The van der Waals surface area contributed by atoms with E-state index in [1.54, 1.807) is 6.20 Å². The third-order valence-corrected chi connectivity index (χ3v) is 2.87. The minimum atomic E-state index is 0.451. The smallest absolute Gasteiger partial charge is 0.142 e. The highest BCUT2D eigenvalue weighted by Gasteiger charge is 2.02. The maximum Gasteiger partial charge on any atom is 0.142 e. The minimum Gasteiger partial charge on any atom is -0.369 e. The second-order valence-corrected chi connectivity index (χ2v) is 4.33. The lowest BCUT2D eigenvalue weighted by Gasteiger charge is -2.10. The predicted molar refractivity (Wildman–Crippen MR) is 63.1 cm³/mol. The van der Waals surface area contributed by atoms with E-state index in [0.717, 1.165) is 15.9 Å². The molecule has 1 aromatic heterocycles. The van der Waals surface area contributed by atoms with Crippen molar-refractivity contribution in [3.8, 4) is 0 Å². The number of halogens is 2. The second kappa shape index (κ2) is 5.59. The lowest BCUT2D eigenvalue weighted by Crippen LogP contribution is -2.14. The van der Waals surface area contributed by atoms with E-state index in [-0.39, 0.29) is 0 Å². The van der Waals surface area contributed by atoms with Crippen LogP contribution in [0.1, 0.15) is 6.92 Å². The molecule has 0 saturated carbocycles. The topological polar surface area (TPSA) is 37.8 Å². The van der Waals surface area contributed by atoms with Gasteiger partial charge in [-0.2, -0.15) is 0 Å². The van der Waals surface area contributed by atoms with Crippen LogP contribution in [0.3, 0.4) is 0 Å². The normalized spacial score (nSPS) is 12.5. The number of alkyl halides is 1. The number of aromatic nitrogens is 2. The van der Waals surface area contributed by atoms with Crippen LogP contribution in [-0.4, -0.2) is 22.4 Å². The molecule has 13 heavy (non-hydrogen) atoms. The molecule has 0 spiro atoms. The molecule has 5 heteroatoms. The first-order chi connectivity index (χ1) is 6.24. The summed E-state index contributed by atoms with van der Waals surface area (Å²) in [5.74, 6) is 1.99. The summed E-state index contributed by atoms with van der Waals surface area (Å²) in [5, 5.41) is 3.22. The molecule has 1 unspecified atom stereocenters. The summed E-state index contributed by atoms with van der Waals surface area (Å²) in [6.45, 7) is 2.94. The Morgan fingerprint density at radius 1 is 1.69 bits per heavy atom. The molecule has 0 aliphatic heterocycles. The van der Waals surface area contributed by atoms with Gasteiger partial charge in [0.2, 0.25) is 0 Å². The average molecular weight is 312 g/mol. The molecule has 72 valence electrons. The van der Waals surface area contributed by atoms with Crippen molar-refractivity contribution in [1.82, 2.24) is 9.97 Å². The van der Waals surface area contributed by atoms with Crippen molar-refractivity contribution in [3.63, 3.8) is 0 Å². The summed E-state index contributed by atoms with van der Waals surface area (Å²) in [6.07, 6.45) is 3.32. The maximum absolute atomic E-state index is 5.68. The molecule has 1 aromatic rings. The third-order valence-electron chi connectivity index (χ3n) is 1.55. The fourth-order valence-electron chi connectivity index (χ4n) is 0.768. The van der Waals surface area contributed by atoms with Gasteiger partial charge in [-0.05, 0) is 28.5 Å². The van der Waals surface area contributed by atoms with Crippen molar-refractivity contribution in [2.75, 3.05) is 17.7 Å². The highest BCUT2D eigenvalue weighted by molar-refractivity contribution is 14.1. The van der Waals surface area contributed by atoms with Gasteiger partial charge in [0, 0.05) is 18.6 Å². The summed E-state index contributed by atoms with van der Waals surface area (Å²) in [6, 6.07) is 0. The highest BCUT2D eigenvalue weighted by Crippen LogP contribution is 2.12. The Balaban J connectivity index is 2.50. The van der Waals surface area contributed by atoms with Gasteiger partial charge in [0.25, 0.3) is 0 Å². The molecule has 0 aliphatic carbocycles. The molecule has 0 radical (unpaired) electrons. The lowest BCUT2D eigenvalue weighted by molar-refractivity contribution is 0.694. The van der Waals surface area contributed by atoms with Crippen LogP contribution in [0.25, 0.3) is 0 Å². The maximum atomic E-state index is 5.68. The Kier molecular flexibility index (Phi) is 4.72. The van der Waals surface area contributed by atoms with Crippen molar-refractivity contribution in [2.45, 2.75) is 6.92 Å². The van der Waals surface area contributed by atoms with E-state index >= 15 is 0 Å². The van der Waals surface area contributed by atoms with Crippen LogP contribution in [0.5, 0.6) is 0 Å². The van der Waals surface area contributed by atoms with E-state index in [1.807, 2.05) is 0 Å². The quantitative estimate of drug-likeness (QED) is 0.685. The monoisotopic (exact) mass is 311 g/mol. The van der Waals surface area contributed by atoms with Crippen LogP contribution in [0.15, 0.2) is 12.5 Å². The molecule has 1 rings (SSSR count). The number of hydrogen-bond acceptors (Lipinski definition) is 3. The lowest BCUT2D eigenvalue weighted by atomic mass is 10.2. The third kappa shape index (κ3) is 3.64. The molecule has 0 aliphatic rings. The van der Waals surface area contributed by atoms with Crippen molar-refractivity contribution in [2.24, 2.45) is 5.92 Å². The van der Waals surface area contributed by atoms with Gasteiger partial charge < -0.3 is 5.32 Å². The van der Waals surface area contributed by atoms with E-state index in [0.29, 0.717) is 11.8 Å².